The number of amides is 1. The molecule has 2 atom stereocenters. The lowest BCUT2D eigenvalue weighted by molar-refractivity contribution is -0.138. The van der Waals surface area contributed by atoms with Gasteiger partial charge in [0.15, 0.2) is 6.04 Å². The maximum absolute atomic E-state index is 12.5. The van der Waals surface area contributed by atoms with Crippen molar-refractivity contribution in [3.63, 3.8) is 0 Å². The predicted octanol–water partition coefficient (Wildman–Crippen LogP) is 1.39. The molecule has 2 unspecified atom stereocenters. The number of hydrazone groups is 1. The Hall–Kier alpha value is -2.41. The van der Waals surface area contributed by atoms with Gasteiger partial charge in [0.1, 0.15) is 5.71 Å². The molecule has 0 aromatic heterocycles. The van der Waals surface area contributed by atoms with Gasteiger partial charge in [-0.15, -0.1) is 0 Å². The zero-order valence-electron chi connectivity index (χ0n) is 13.4. The molecule has 3 rings (SSSR count). The number of hydrogen-bond acceptors (Lipinski definition) is 5. The highest BCUT2D eigenvalue weighted by Gasteiger charge is 2.36. The summed E-state index contributed by atoms with van der Waals surface area (Å²) < 4.78 is 5.39. The molecule has 0 aliphatic carbocycles. The molecule has 1 amide bonds. The van der Waals surface area contributed by atoms with E-state index in [2.05, 4.69) is 10.4 Å². The first-order valence-electron chi connectivity index (χ1n) is 8.18. The molecule has 2 aliphatic rings. The summed E-state index contributed by atoms with van der Waals surface area (Å²) in [5.41, 5.74) is 0.923. The molecule has 1 saturated heterocycles. The van der Waals surface area contributed by atoms with Crippen LogP contribution in [0.5, 0.6) is 0 Å². The summed E-state index contributed by atoms with van der Waals surface area (Å²) in [5.74, 6) is -1.28. The molecule has 1 fully saturated rings. The number of carbonyl (C=O) groups is 2. The van der Waals surface area contributed by atoms with Crippen molar-refractivity contribution >= 4 is 23.3 Å². The zero-order chi connectivity index (χ0) is 16.9. The van der Waals surface area contributed by atoms with Crippen LogP contribution in [0.25, 0.3) is 0 Å². The number of hydrogen-bond donors (Lipinski definition) is 2. The molecule has 24 heavy (non-hydrogen) atoms. The van der Waals surface area contributed by atoms with Gasteiger partial charge in [-0.3, -0.25) is 9.80 Å². The van der Waals surface area contributed by atoms with Gasteiger partial charge in [0, 0.05) is 25.7 Å². The Kier molecular flexibility index (Phi) is 5.10. The van der Waals surface area contributed by atoms with Crippen LogP contribution in [0.2, 0.25) is 0 Å². The standard InChI is InChI=1S/C17H21N3O4/c21-16(18-12-5-4-9-24-10-8-12)14-11-15(17(22)23)20(19-14)13-6-2-1-3-7-13/h1-3,6-7,12,15H,4-5,8-11H2,(H,18,21)(H,22,23). The van der Waals surface area contributed by atoms with Crippen molar-refractivity contribution in [2.75, 3.05) is 18.2 Å². The van der Waals surface area contributed by atoms with Gasteiger partial charge in [-0.1, -0.05) is 18.2 Å². The Morgan fingerprint density at radius 2 is 2.00 bits per heavy atom. The highest BCUT2D eigenvalue weighted by atomic mass is 16.5. The number of carbonyl (C=O) groups excluding carboxylic acids is 1. The molecule has 2 N–H and O–H groups in total. The van der Waals surface area contributed by atoms with Gasteiger partial charge < -0.3 is 15.2 Å². The molecule has 7 nitrogen and oxygen atoms in total. The topological polar surface area (TPSA) is 91.2 Å². The number of carboxylic acids is 1. The van der Waals surface area contributed by atoms with Gasteiger partial charge in [-0.05, 0) is 31.4 Å². The lowest BCUT2D eigenvalue weighted by atomic mass is 10.1. The van der Waals surface area contributed by atoms with Crippen LogP contribution < -0.4 is 10.3 Å². The average Bonchev–Trinajstić information content (AvgIpc) is 2.89. The molecule has 0 saturated carbocycles. The van der Waals surface area contributed by atoms with E-state index in [9.17, 15) is 14.7 Å². The van der Waals surface area contributed by atoms with Gasteiger partial charge in [0.05, 0.1) is 5.69 Å². The number of aliphatic carboxylic acids is 1. The Morgan fingerprint density at radius 1 is 1.21 bits per heavy atom. The van der Waals surface area contributed by atoms with E-state index < -0.39 is 12.0 Å². The lowest BCUT2D eigenvalue weighted by Crippen LogP contribution is -2.40. The van der Waals surface area contributed by atoms with Crippen molar-refractivity contribution in [1.82, 2.24) is 5.32 Å². The third-order valence-corrected chi connectivity index (χ3v) is 4.27. The third kappa shape index (κ3) is 3.73. The van der Waals surface area contributed by atoms with Crippen molar-refractivity contribution in [3.8, 4) is 0 Å². The van der Waals surface area contributed by atoms with Crippen LogP contribution in [0.3, 0.4) is 0 Å². The Balaban J connectivity index is 1.72. The fourth-order valence-electron chi connectivity index (χ4n) is 2.98. The first kappa shape index (κ1) is 16.4. The van der Waals surface area contributed by atoms with Crippen LogP contribution >= 0.6 is 0 Å². The van der Waals surface area contributed by atoms with E-state index in [0.29, 0.717) is 12.3 Å². The number of para-hydroxylation sites is 1. The average molecular weight is 331 g/mol. The SMILES string of the molecule is O=C(NC1CCCOCC1)C1=NN(c2ccccc2)C(C(=O)O)C1. The monoisotopic (exact) mass is 331 g/mol. The third-order valence-electron chi connectivity index (χ3n) is 4.27. The predicted molar refractivity (Wildman–Crippen MR) is 89.0 cm³/mol. The number of ether oxygens (including phenoxy) is 1. The van der Waals surface area contributed by atoms with Gasteiger partial charge in [-0.2, -0.15) is 5.10 Å². The minimum atomic E-state index is -0.992. The first-order chi connectivity index (χ1) is 11.6. The van der Waals surface area contributed by atoms with E-state index in [1.54, 1.807) is 12.1 Å². The number of anilines is 1. The molecule has 2 aliphatic heterocycles. The minimum absolute atomic E-state index is 0.0525. The summed E-state index contributed by atoms with van der Waals surface area (Å²) in [7, 11) is 0. The Morgan fingerprint density at radius 3 is 2.75 bits per heavy atom. The maximum atomic E-state index is 12.5. The molecule has 0 spiro atoms. The summed E-state index contributed by atoms with van der Waals surface area (Å²) in [6.07, 6.45) is 2.64. The fourth-order valence-corrected chi connectivity index (χ4v) is 2.98. The van der Waals surface area contributed by atoms with E-state index >= 15 is 0 Å². The van der Waals surface area contributed by atoms with Gasteiger partial charge in [0.25, 0.3) is 5.91 Å². The first-order valence-corrected chi connectivity index (χ1v) is 8.18. The smallest absolute Gasteiger partial charge is 0.328 e. The summed E-state index contributed by atoms with van der Waals surface area (Å²) >= 11 is 0. The summed E-state index contributed by atoms with van der Waals surface area (Å²) in [6.45, 7) is 1.35. The van der Waals surface area contributed by atoms with Crippen LogP contribution in [0.1, 0.15) is 25.7 Å². The van der Waals surface area contributed by atoms with E-state index in [1.165, 1.54) is 5.01 Å². The number of carboxylic acid groups (broad SMARTS) is 1. The number of nitrogens with one attached hydrogen (secondary N) is 1. The number of rotatable bonds is 4. The summed E-state index contributed by atoms with van der Waals surface area (Å²) in [5, 5.41) is 18.1. The van der Waals surface area contributed by atoms with Crippen molar-refractivity contribution in [2.24, 2.45) is 5.10 Å². The summed E-state index contributed by atoms with van der Waals surface area (Å²) in [4.78, 5) is 24.0. The minimum Gasteiger partial charge on any atom is -0.480 e. The van der Waals surface area contributed by atoms with Crippen molar-refractivity contribution in [3.05, 3.63) is 30.3 Å². The van der Waals surface area contributed by atoms with Crippen molar-refractivity contribution in [2.45, 2.75) is 37.8 Å². The lowest BCUT2D eigenvalue weighted by Gasteiger charge is -2.19. The van der Waals surface area contributed by atoms with Crippen LogP contribution in [-0.4, -0.2) is 48.0 Å². The second-order valence-corrected chi connectivity index (χ2v) is 6.00. The van der Waals surface area contributed by atoms with Gasteiger partial charge in [0.2, 0.25) is 0 Å². The molecule has 0 radical (unpaired) electrons. The largest absolute Gasteiger partial charge is 0.480 e. The normalized spacial score (nSPS) is 24.2. The zero-order valence-corrected chi connectivity index (χ0v) is 13.4. The van der Waals surface area contributed by atoms with Crippen LogP contribution in [0.4, 0.5) is 5.69 Å². The molecule has 128 valence electrons. The van der Waals surface area contributed by atoms with Gasteiger partial charge >= 0.3 is 5.97 Å². The fraction of sp³-hybridized carbons (Fsp3) is 0.471. The van der Waals surface area contributed by atoms with Gasteiger partial charge in [-0.25, -0.2) is 4.79 Å². The van der Waals surface area contributed by atoms with E-state index in [1.807, 2.05) is 18.2 Å². The molecule has 1 aromatic carbocycles. The quantitative estimate of drug-likeness (QED) is 0.870. The Bertz CT molecular complexity index is 624. The second kappa shape index (κ2) is 7.44. The summed E-state index contributed by atoms with van der Waals surface area (Å²) in [6, 6.07) is 8.23. The molecular weight excluding hydrogens is 310 g/mol. The molecule has 0 bridgehead atoms. The van der Waals surface area contributed by atoms with Crippen molar-refractivity contribution in [1.29, 1.82) is 0 Å². The van der Waals surface area contributed by atoms with E-state index in [0.717, 1.165) is 25.9 Å². The maximum Gasteiger partial charge on any atom is 0.328 e. The highest BCUT2D eigenvalue weighted by Crippen LogP contribution is 2.24. The van der Waals surface area contributed by atoms with E-state index in [4.69, 9.17) is 4.74 Å². The molecule has 7 heteroatoms. The highest BCUT2D eigenvalue weighted by molar-refractivity contribution is 6.40. The molecule has 1 aromatic rings. The van der Waals surface area contributed by atoms with Crippen molar-refractivity contribution < 1.29 is 19.4 Å². The van der Waals surface area contributed by atoms with E-state index in [-0.39, 0.29) is 24.1 Å². The molecular formula is C17H21N3O4. The molecule has 2 heterocycles. The van der Waals surface area contributed by atoms with Crippen LogP contribution in [0, 0.1) is 0 Å². The number of benzene rings is 1. The number of nitrogens with zero attached hydrogens (tertiary/aromatic N) is 2. The van der Waals surface area contributed by atoms with Crippen LogP contribution in [0.15, 0.2) is 35.4 Å². The Labute approximate surface area is 140 Å². The second-order valence-electron chi connectivity index (χ2n) is 6.00. The van der Waals surface area contributed by atoms with Crippen LogP contribution in [-0.2, 0) is 14.3 Å².